The molecular formula is C8H6F3N3S. The second-order valence-corrected chi connectivity index (χ2v) is 3.60. The van der Waals surface area contributed by atoms with Gasteiger partial charge in [-0.05, 0) is 18.4 Å². The maximum atomic E-state index is 12.4. The summed E-state index contributed by atoms with van der Waals surface area (Å²) in [5.74, 6) is 0. The van der Waals surface area contributed by atoms with Crippen molar-refractivity contribution in [2.75, 3.05) is 6.26 Å². The van der Waals surface area contributed by atoms with Crippen LogP contribution >= 0.6 is 11.8 Å². The fourth-order valence-corrected chi connectivity index (χ4v) is 1.64. The van der Waals surface area contributed by atoms with Crippen LogP contribution in [0.5, 0.6) is 0 Å². The van der Waals surface area contributed by atoms with E-state index in [-0.39, 0.29) is 0 Å². The number of hydrogen-bond donors (Lipinski definition) is 0. The van der Waals surface area contributed by atoms with Gasteiger partial charge in [0.05, 0.1) is 5.56 Å². The summed E-state index contributed by atoms with van der Waals surface area (Å²) in [6.07, 6.45) is -1.61. The van der Waals surface area contributed by atoms with Crippen molar-refractivity contribution in [1.82, 2.24) is 14.6 Å². The second-order valence-electron chi connectivity index (χ2n) is 2.83. The maximum Gasteiger partial charge on any atom is 0.417 e. The fourth-order valence-electron chi connectivity index (χ4n) is 1.18. The largest absolute Gasteiger partial charge is 0.417 e. The Morgan fingerprint density at radius 2 is 2.00 bits per heavy atom. The van der Waals surface area contributed by atoms with E-state index < -0.39 is 11.7 Å². The summed E-state index contributed by atoms with van der Waals surface area (Å²) in [5.41, 5.74) is -0.294. The zero-order valence-corrected chi connectivity index (χ0v) is 8.43. The zero-order valence-electron chi connectivity index (χ0n) is 7.62. The topological polar surface area (TPSA) is 30.2 Å². The van der Waals surface area contributed by atoms with Gasteiger partial charge in [-0.15, -0.1) is 10.2 Å². The van der Waals surface area contributed by atoms with Gasteiger partial charge in [-0.1, -0.05) is 11.8 Å². The van der Waals surface area contributed by atoms with Gasteiger partial charge in [-0.2, -0.15) is 13.2 Å². The summed E-state index contributed by atoms with van der Waals surface area (Å²) in [4.78, 5) is 0. The van der Waals surface area contributed by atoms with Crippen LogP contribution in [0.2, 0.25) is 0 Å². The second kappa shape index (κ2) is 3.41. The molecule has 0 amide bonds. The Hall–Kier alpha value is -1.24. The minimum absolute atomic E-state index is 0.410. The number of hydrogen-bond acceptors (Lipinski definition) is 3. The predicted molar refractivity (Wildman–Crippen MR) is 49.8 cm³/mol. The normalized spacial score (nSPS) is 12.3. The minimum Gasteiger partial charge on any atom is -0.277 e. The molecule has 80 valence electrons. The Bertz CT molecular complexity index is 491. The molecule has 2 aromatic heterocycles. The average Bonchev–Trinajstić information content (AvgIpc) is 2.57. The molecule has 0 radical (unpaired) electrons. The monoisotopic (exact) mass is 233 g/mol. The minimum atomic E-state index is -4.34. The van der Waals surface area contributed by atoms with Gasteiger partial charge in [-0.25, -0.2) is 0 Å². The van der Waals surface area contributed by atoms with Crippen LogP contribution in [0.25, 0.3) is 5.65 Å². The molecule has 0 N–H and O–H groups in total. The van der Waals surface area contributed by atoms with E-state index in [1.807, 2.05) is 0 Å². The van der Waals surface area contributed by atoms with Crippen LogP contribution in [0.15, 0.2) is 23.5 Å². The molecule has 0 aromatic carbocycles. The summed E-state index contributed by atoms with van der Waals surface area (Å²) in [5, 5.41) is 7.92. The van der Waals surface area contributed by atoms with E-state index in [1.54, 1.807) is 6.26 Å². The molecule has 0 saturated carbocycles. The highest BCUT2D eigenvalue weighted by Crippen LogP contribution is 2.29. The molecule has 2 rings (SSSR count). The number of thioether (sulfide) groups is 1. The lowest BCUT2D eigenvalue weighted by Crippen LogP contribution is -2.06. The highest BCUT2D eigenvalue weighted by atomic mass is 32.2. The highest BCUT2D eigenvalue weighted by Gasteiger charge is 2.31. The van der Waals surface area contributed by atoms with Crippen LogP contribution in [0, 0.1) is 0 Å². The van der Waals surface area contributed by atoms with E-state index in [0.29, 0.717) is 10.8 Å². The Kier molecular flexibility index (Phi) is 2.34. The maximum absolute atomic E-state index is 12.4. The first-order valence-corrected chi connectivity index (χ1v) is 5.21. The SMILES string of the molecule is CSc1nnc2ccc(C(F)(F)F)cn12. The summed E-state index contributed by atoms with van der Waals surface area (Å²) < 4.78 is 38.5. The molecule has 0 saturated heterocycles. The third kappa shape index (κ3) is 1.79. The van der Waals surface area contributed by atoms with Gasteiger partial charge >= 0.3 is 6.18 Å². The number of fused-ring (bicyclic) bond motifs is 1. The van der Waals surface area contributed by atoms with E-state index in [9.17, 15) is 13.2 Å². The van der Waals surface area contributed by atoms with Crippen molar-refractivity contribution in [2.45, 2.75) is 11.3 Å². The van der Waals surface area contributed by atoms with Gasteiger partial charge in [0.25, 0.3) is 0 Å². The highest BCUT2D eigenvalue weighted by molar-refractivity contribution is 7.98. The van der Waals surface area contributed by atoms with Crippen molar-refractivity contribution >= 4 is 17.4 Å². The lowest BCUT2D eigenvalue weighted by atomic mass is 10.3. The van der Waals surface area contributed by atoms with Gasteiger partial charge in [0, 0.05) is 6.20 Å². The van der Waals surface area contributed by atoms with Crippen LogP contribution in [0.3, 0.4) is 0 Å². The molecule has 2 aromatic rings. The lowest BCUT2D eigenvalue weighted by Gasteiger charge is -2.06. The molecule has 15 heavy (non-hydrogen) atoms. The van der Waals surface area contributed by atoms with Crippen molar-refractivity contribution in [1.29, 1.82) is 0 Å². The quantitative estimate of drug-likeness (QED) is 0.709. The summed E-state index contributed by atoms with van der Waals surface area (Å²) in [6, 6.07) is 2.30. The van der Waals surface area contributed by atoms with Crippen LogP contribution < -0.4 is 0 Å². The number of aromatic nitrogens is 3. The zero-order chi connectivity index (χ0) is 11.1. The van der Waals surface area contributed by atoms with E-state index in [2.05, 4.69) is 10.2 Å². The smallest absolute Gasteiger partial charge is 0.277 e. The number of nitrogens with zero attached hydrogens (tertiary/aromatic N) is 3. The number of alkyl halides is 3. The molecule has 7 heteroatoms. The molecule has 0 atom stereocenters. The Morgan fingerprint density at radius 3 is 2.60 bits per heavy atom. The Balaban J connectivity index is 2.63. The van der Waals surface area contributed by atoms with Crippen molar-refractivity contribution in [3.05, 3.63) is 23.9 Å². The van der Waals surface area contributed by atoms with Crippen molar-refractivity contribution < 1.29 is 13.2 Å². The molecule has 0 aliphatic carbocycles. The molecule has 0 bridgehead atoms. The number of halogens is 3. The van der Waals surface area contributed by atoms with Crippen molar-refractivity contribution in [3.63, 3.8) is 0 Å². The Labute approximate surface area is 87.3 Å². The molecule has 0 unspecified atom stereocenters. The van der Waals surface area contributed by atoms with Gasteiger partial charge in [-0.3, -0.25) is 4.40 Å². The van der Waals surface area contributed by atoms with Crippen LogP contribution in [-0.4, -0.2) is 20.9 Å². The van der Waals surface area contributed by atoms with Gasteiger partial charge in [0.1, 0.15) is 0 Å². The van der Waals surface area contributed by atoms with Gasteiger partial charge in [0.2, 0.25) is 0 Å². The number of rotatable bonds is 1. The summed E-state index contributed by atoms with van der Waals surface area (Å²) in [7, 11) is 0. The number of pyridine rings is 1. The lowest BCUT2D eigenvalue weighted by molar-refractivity contribution is -0.137. The Morgan fingerprint density at radius 1 is 1.27 bits per heavy atom. The van der Waals surface area contributed by atoms with Crippen molar-refractivity contribution in [2.24, 2.45) is 0 Å². The summed E-state index contributed by atoms with van der Waals surface area (Å²) >= 11 is 1.25. The van der Waals surface area contributed by atoms with E-state index in [0.717, 1.165) is 12.3 Å². The average molecular weight is 233 g/mol. The molecular weight excluding hydrogens is 227 g/mol. The fraction of sp³-hybridized carbons (Fsp3) is 0.250. The van der Waals surface area contributed by atoms with E-state index >= 15 is 0 Å². The van der Waals surface area contributed by atoms with Gasteiger partial charge in [0.15, 0.2) is 10.8 Å². The molecule has 0 aliphatic heterocycles. The summed E-state index contributed by atoms with van der Waals surface area (Å²) in [6.45, 7) is 0. The standard InChI is InChI=1S/C8H6F3N3S/c1-15-7-13-12-6-3-2-5(4-14(6)7)8(9,10)11/h2-4H,1H3. The third-order valence-corrected chi connectivity index (χ3v) is 2.52. The van der Waals surface area contributed by atoms with E-state index in [4.69, 9.17) is 0 Å². The van der Waals surface area contributed by atoms with Gasteiger partial charge < -0.3 is 0 Å². The first kappa shape index (κ1) is 10.3. The molecule has 2 heterocycles. The third-order valence-electron chi connectivity index (χ3n) is 1.88. The van der Waals surface area contributed by atoms with E-state index in [1.165, 1.54) is 22.2 Å². The van der Waals surface area contributed by atoms with Crippen LogP contribution in [0.4, 0.5) is 13.2 Å². The van der Waals surface area contributed by atoms with Crippen molar-refractivity contribution in [3.8, 4) is 0 Å². The molecule has 0 spiro atoms. The van der Waals surface area contributed by atoms with Crippen LogP contribution in [-0.2, 0) is 6.18 Å². The molecule has 0 aliphatic rings. The molecule has 3 nitrogen and oxygen atoms in total. The predicted octanol–water partition coefficient (Wildman–Crippen LogP) is 2.47. The first-order chi connectivity index (χ1) is 7.02. The van der Waals surface area contributed by atoms with Crippen LogP contribution in [0.1, 0.15) is 5.56 Å². The first-order valence-electron chi connectivity index (χ1n) is 3.98. The molecule has 0 fully saturated rings.